The summed E-state index contributed by atoms with van der Waals surface area (Å²) >= 11 is 0. The van der Waals surface area contributed by atoms with E-state index in [1.54, 1.807) is 46.4 Å². The molecule has 0 bridgehead atoms. The topological polar surface area (TPSA) is 115 Å². The van der Waals surface area contributed by atoms with E-state index in [2.05, 4.69) is 4.90 Å². The van der Waals surface area contributed by atoms with E-state index in [0.29, 0.717) is 5.69 Å². The zero-order chi connectivity index (χ0) is 34.2. The number of rotatable bonds is 5. The second kappa shape index (κ2) is 12.5. The quantitative estimate of drug-likeness (QED) is 0.246. The lowest BCUT2D eigenvalue weighted by Crippen LogP contribution is -2.59. The smallest absolute Gasteiger partial charge is 0.419 e. The molecule has 2 aromatic carbocycles. The number of amides is 3. The van der Waals surface area contributed by atoms with E-state index in [1.165, 1.54) is 7.11 Å². The van der Waals surface area contributed by atoms with Gasteiger partial charge in [-0.05, 0) is 86.4 Å². The number of carbonyl (C=O) groups excluding carboxylic acids is 4. The fourth-order valence-electron chi connectivity index (χ4n) is 6.14. The van der Waals surface area contributed by atoms with Crippen LogP contribution in [0, 0.1) is 0 Å². The Hall–Kier alpha value is -4.28. The third-order valence-corrected chi connectivity index (χ3v) is 7.76. The largest absolute Gasteiger partial charge is 0.469 e. The number of anilines is 2. The SMILES string of the molecule is COC(=O)C[C@@H]1c2ccccc2N2CN(C(=O)OC(C)(C)C)c3ccccc3[C@@]12CCN(C(=O)OC(C)(C)C)C(=O)OC(C)(C)C. The molecule has 3 amide bonds. The monoisotopic (exact) mass is 637 g/mol. The van der Waals surface area contributed by atoms with Gasteiger partial charge >= 0.3 is 24.2 Å². The van der Waals surface area contributed by atoms with Crippen molar-refractivity contribution in [1.29, 1.82) is 0 Å². The number of esters is 1. The summed E-state index contributed by atoms with van der Waals surface area (Å²) in [5.74, 6) is -0.874. The average Bonchev–Trinajstić information content (AvgIpc) is 3.19. The fourth-order valence-corrected chi connectivity index (χ4v) is 6.14. The first-order valence-corrected chi connectivity index (χ1v) is 15.5. The molecule has 4 rings (SSSR count). The van der Waals surface area contributed by atoms with Crippen molar-refractivity contribution in [3.63, 3.8) is 0 Å². The number of methoxy groups -OCH3 is 1. The van der Waals surface area contributed by atoms with Crippen LogP contribution in [-0.4, -0.2) is 66.3 Å². The Bertz CT molecular complexity index is 1460. The summed E-state index contributed by atoms with van der Waals surface area (Å²) in [6, 6.07) is 15.2. The molecule has 11 nitrogen and oxygen atoms in total. The summed E-state index contributed by atoms with van der Waals surface area (Å²) in [4.78, 5) is 58.4. The summed E-state index contributed by atoms with van der Waals surface area (Å²) in [6.07, 6.45) is -2.01. The van der Waals surface area contributed by atoms with Gasteiger partial charge in [0.25, 0.3) is 0 Å². The first-order valence-electron chi connectivity index (χ1n) is 15.5. The van der Waals surface area contributed by atoms with Crippen molar-refractivity contribution >= 4 is 35.6 Å². The van der Waals surface area contributed by atoms with E-state index in [0.717, 1.165) is 21.7 Å². The molecule has 0 radical (unpaired) electrons. The molecule has 0 fully saturated rings. The lowest BCUT2D eigenvalue weighted by molar-refractivity contribution is -0.141. The van der Waals surface area contributed by atoms with Crippen LogP contribution in [0.15, 0.2) is 48.5 Å². The highest BCUT2D eigenvalue weighted by atomic mass is 16.6. The number of benzene rings is 2. The zero-order valence-corrected chi connectivity index (χ0v) is 28.6. The average molecular weight is 638 g/mol. The van der Waals surface area contributed by atoms with Gasteiger partial charge in [0.15, 0.2) is 0 Å². The van der Waals surface area contributed by atoms with E-state index in [4.69, 9.17) is 18.9 Å². The number of ether oxygens (including phenoxy) is 4. The summed E-state index contributed by atoms with van der Waals surface area (Å²) in [7, 11) is 1.35. The number of para-hydroxylation sites is 2. The standard InChI is InChI=1S/C35H47N3O8/c1-32(2,3)44-29(40)36(30(41)45-33(4,5)6)20-19-35-24-16-12-14-18-27(24)37(31(42)46-34(7,8)9)22-38(35)26-17-13-11-15-23(26)25(35)21-28(39)43-10/h11-18,25H,19-22H2,1-10H3/t25-,35+/m1/s1. The molecule has 0 saturated carbocycles. The van der Waals surface area contributed by atoms with Gasteiger partial charge in [-0.3, -0.25) is 9.69 Å². The Kier molecular flexibility index (Phi) is 9.39. The number of nitrogens with zero attached hydrogens (tertiary/aromatic N) is 3. The predicted molar refractivity (Wildman–Crippen MR) is 174 cm³/mol. The van der Waals surface area contributed by atoms with Crippen LogP contribution in [0.5, 0.6) is 0 Å². The minimum Gasteiger partial charge on any atom is -0.469 e. The van der Waals surface area contributed by atoms with Crippen molar-refractivity contribution in [3.05, 3.63) is 59.7 Å². The third-order valence-electron chi connectivity index (χ3n) is 7.76. The highest BCUT2D eigenvalue weighted by Gasteiger charge is 2.57. The van der Waals surface area contributed by atoms with E-state index in [-0.39, 0.29) is 26.1 Å². The molecular formula is C35H47N3O8. The first kappa shape index (κ1) is 34.6. The van der Waals surface area contributed by atoms with Gasteiger partial charge in [0.05, 0.1) is 24.8 Å². The maximum absolute atomic E-state index is 13.7. The van der Waals surface area contributed by atoms with Crippen molar-refractivity contribution in [3.8, 4) is 0 Å². The zero-order valence-electron chi connectivity index (χ0n) is 28.6. The Morgan fingerprint density at radius 1 is 0.783 bits per heavy atom. The van der Waals surface area contributed by atoms with Gasteiger partial charge in [-0.2, -0.15) is 0 Å². The molecule has 2 aliphatic rings. The fraction of sp³-hybridized carbons (Fsp3) is 0.543. The molecule has 0 spiro atoms. The predicted octanol–water partition coefficient (Wildman–Crippen LogP) is 7.32. The molecule has 0 N–H and O–H groups in total. The Morgan fingerprint density at radius 2 is 1.30 bits per heavy atom. The second-order valence-corrected chi connectivity index (χ2v) is 14.7. The normalized spacial score (nSPS) is 19.0. The lowest BCUT2D eigenvalue weighted by atomic mass is 9.71. The van der Waals surface area contributed by atoms with Gasteiger partial charge in [-0.15, -0.1) is 0 Å². The molecule has 2 aromatic rings. The van der Waals surface area contributed by atoms with Crippen LogP contribution in [-0.2, 0) is 29.3 Å². The number of fused-ring (bicyclic) bond motifs is 5. The summed E-state index contributed by atoms with van der Waals surface area (Å²) in [6.45, 7) is 15.8. The van der Waals surface area contributed by atoms with Crippen LogP contribution in [0.3, 0.4) is 0 Å². The number of imide groups is 1. The van der Waals surface area contributed by atoms with Gasteiger partial charge in [-0.25, -0.2) is 19.3 Å². The van der Waals surface area contributed by atoms with E-state index in [1.807, 2.05) is 69.3 Å². The van der Waals surface area contributed by atoms with E-state index in [9.17, 15) is 19.2 Å². The third kappa shape index (κ3) is 7.24. The number of hydrogen-bond acceptors (Lipinski definition) is 9. The van der Waals surface area contributed by atoms with E-state index >= 15 is 0 Å². The van der Waals surface area contributed by atoms with Gasteiger partial charge in [0, 0.05) is 23.7 Å². The number of carbonyl (C=O) groups is 4. The minimum atomic E-state index is -0.991. The van der Waals surface area contributed by atoms with Crippen LogP contribution < -0.4 is 9.80 Å². The summed E-state index contributed by atoms with van der Waals surface area (Å²) < 4.78 is 22.3. The van der Waals surface area contributed by atoms with Crippen molar-refractivity contribution in [2.24, 2.45) is 0 Å². The van der Waals surface area contributed by atoms with Crippen LogP contribution in [0.1, 0.15) is 92.2 Å². The summed E-state index contributed by atoms with van der Waals surface area (Å²) in [5.41, 5.74) is -0.417. The van der Waals surface area contributed by atoms with Crippen molar-refractivity contribution in [2.45, 2.75) is 103 Å². The molecule has 2 atom stereocenters. The molecule has 11 heteroatoms. The molecule has 46 heavy (non-hydrogen) atoms. The summed E-state index contributed by atoms with van der Waals surface area (Å²) in [5, 5.41) is 0. The lowest BCUT2D eigenvalue weighted by Gasteiger charge is -2.51. The highest BCUT2D eigenvalue weighted by molar-refractivity contribution is 5.93. The Balaban J connectivity index is 1.90. The molecular weight excluding hydrogens is 590 g/mol. The van der Waals surface area contributed by atoms with Gasteiger partial charge in [0.1, 0.15) is 23.5 Å². The van der Waals surface area contributed by atoms with Gasteiger partial charge in [-0.1, -0.05) is 36.4 Å². The van der Waals surface area contributed by atoms with E-state index < -0.39 is 52.5 Å². The van der Waals surface area contributed by atoms with Crippen LogP contribution >= 0.6 is 0 Å². The highest BCUT2D eigenvalue weighted by Crippen LogP contribution is 2.60. The van der Waals surface area contributed by atoms with Crippen LogP contribution in [0.2, 0.25) is 0 Å². The van der Waals surface area contributed by atoms with Crippen molar-refractivity contribution < 1.29 is 38.1 Å². The van der Waals surface area contributed by atoms with Gasteiger partial charge < -0.3 is 23.8 Å². The molecule has 2 heterocycles. The Labute approximate surface area is 271 Å². The molecule has 0 aromatic heterocycles. The molecule has 0 aliphatic carbocycles. The van der Waals surface area contributed by atoms with Crippen LogP contribution in [0.25, 0.3) is 0 Å². The molecule has 250 valence electrons. The Morgan fingerprint density at radius 3 is 1.85 bits per heavy atom. The first-order chi connectivity index (χ1) is 21.3. The van der Waals surface area contributed by atoms with Crippen LogP contribution in [0.4, 0.5) is 25.8 Å². The van der Waals surface area contributed by atoms with Gasteiger partial charge in [0.2, 0.25) is 0 Å². The number of hydrogen-bond donors (Lipinski definition) is 0. The second-order valence-electron chi connectivity index (χ2n) is 14.7. The molecule has 0 unspecified atom stereocenters. The minimum absolute atomic E-state index is 0.0175. The maximum atomic E-state index is 13.7. The maximum Gasteiger partial charge on any atom is 0.419 e. The van der Waals surface area contributed by atoms with Crippen molar-refractivity contribution in [1.82, 2.24) is 4.90 Å². The molecule has 0 saturated heterocycles. The van der Waals surface area contributed by atoms with Crippen molar-refractivity contribution in [2.75, 3.05) is 30.1 Å². The molecule has 2 aliphatic heterocycles.